The van der Waals surface area contributed by atoms with Gasteiger partial charge in [0.05, 0.1) is 0 Å². The zero-order chi connectivity index (χ0) is 5.70. The largest absolute Gasteiger partial charge is 0.356 e. The minimum Gasteiger partial charge on any atom is -0.356 e. The smallest absolute Gasteiger partial charge is 0.154 e. The van der Waals surface area contributed by atoms with E-state index in [1.807, 2.05) is 0 Å². The lowest BCUT2D eigenvalue weighted by Gasteiger charge is -2.03. The Hall–Kier alpha value is -0.0800. The molecule has 0 radical (unpaired) electrons. The number of rotatable bonds is 2. The van der Waals surface area contributed by atoms with Crippen molar-refractivity contribution in [3.8, 4) is 0 Å². The molecule has 0 atom stereocenters. The average Bonchev–Trinajstić information content (AvgIpc) is 1.72. The van der Waals surface area contributed by atoms with Gasteiger partial charge in [-0.2, -0.15) is 0 Å². The fourth-order valence-corrected chi connectivity index (χ4v) is 0.0962. The Balaban J connectivity index is 2.99. The van der Waals surface area contributed by atoms with E-state index in [9.17, 15) is 0 Å². The summed E-state index contributed by atoms with van der Waals surface area (Å²) in [4.78, 5) is 0. The van der Waals surface area contributed by atoms with Crippen molar-refractivity contribution in [2.75, 3.05) is 14.2 Å². The lowest BCUT2D eigenvalue weighted by molar-refractivity contribution is -0.0877. The number of hydrogen-bond donors (Lipinski definition) is 0. The minimum atomic E-state index is -0.347. The molecule has 0 rings (SSSR count). The van der Waals surface area contributed by atoms with E-state index < -0.39 is 0 Å². The third-order valence-electron chi connectivity index (χ3n) is 0.526. The Morgan fingerprint density at radius 1 is 1.50 bits per heavy atom. The highest BCUT2D eigenvalue weighted by molar-refractivity contribution is 4.17. The Labute approximate surface area is 39.5 Å². The molecule has 0 spiro atoms. The molecule has 0 aromatic heterocycles. The van der Waals surface area contributed by atoms with Gasteiger partial charge in [0.25, 0.3) is 0 Å². The molecular formula is C4H10O2. The van der Waals surface area contributed by atoms with Crippen LogP contribution >= 0.6 is 0 Å². The van der Waals surface area contributed by atoms with Crippen molar-refractivity contribution >= 4 is 0 Å². The molecule has 2 heteroatoms. The summed E-state index contributed by atoms with van der Waals surface area (Å²) in [7, 11) is 3.03. The van der Waals surface area contributed by atoms with Crippen LogP contribution < -0.4 is 0 Å². The molecule has 0 bridgehead atoms. The van der Waals surface area contributed by atoms with Crippen LogP contribution in [-0.2, 0) is 9.47 Å². The molecule has 0 aliphatic carbocycles. The first-order chi connectivity index (χ1) is 3.35. The van der Waals surface area contributed by atoms with Crippen molar-refractivity contribution in [3.05, 3.63) is 0 Å². The third kappa shape index (κ3) is 2.18. The van der Waals surface area contributed by atoms with Gasteiger partial charge in [-0.1, -0.05) is 0 Å². The molecule has 0 aromatic rings. The van der Waals surface area contributed by atoms with Crippen molar-refractivity contribution in [3.63, 3.8) is 0 Å². The van der Waals surface area contributed by atoms with Gasteiger partial charge in [0.2, 0.25) is 0 Å². The zero-order valence-corrected chi connectivity index (χ0v) is 4.10. The Bertz CT molecular complexity index is 31.2. The van der Waals surface area contributed by atoms with Crippen molar-refractivity contribution in [2.24, 2.45) is 0 Å². The highest BCUT2D eigenvalue weighted by Gasteiger charge is 1.87. The van der Waals surface area contributed by atoms with Crippen LogP contribution in [0.2, 0.25) is 0 Å². The van der Waals surface area contributed by atoms with Crippen LogP contribution in [0.25, 0.3) is 0 Å². The van der Waals surface area contributed by atoms with Gasteiger partial charge >= 0.3 is 0 Å². The number of ether oxygens (including phenoxy) is 2. The number of methoxy groups -OCH3 is 2. The van der Waals surface area contributed by atoms with Crippen molar-refractivity contribution in [1.82, 2.24) is 0 Å². The molecule has 0 saturated heterocycles. The monoisotopic (exact) mass is 92.1 g/mol. The van der Waals surface area contributed by atoms with E-state index in [1.54, 1.807) is 0 Å². The molecule has 0 aromatic carbocycles. The molecule has 0 fully saturated rings. The third-order valence-corrected chi connectivity index (χ3v) is 0.526. The van der Waals surface area contributed by atoms with E-state index in [4.69, 9.17) is 1.37 Å². The van der Waals surface area contributed by atoms with Crippen LogP contribution in [0.5, 0.6) is 0 Å². The topological polar surface area (TPSA) is 18.5 Å². The Morgan fingerprint density at radius 2 is 2.00 bits per heavy atom. The van der Waals surface area contributed by atoms with Crippen LogP contribution in [0.15, 0.2) is 0 Å². The lowest BCUT2D eigenvalue weighted by atomic mass is 10.8. The van der Waals surface area contributed by atoms with Gasteiger partial charge in [-0.3, -0.25) is 0 Å². The van der Waals surface area contributed by atoms with E-state index in [0.29, 0.717) is 0 Å². The quantitative estimate of drug-likeness (QED) is 0.465. The normalized spacial score (nSPS) is 12.2. The number of hydrogen-bond acceptors (Lipinski definition) is 2. The maximum atomic E-state index is 6.71. The van der Waals surface area contributed by atoms with E-state index in [-0.39, 0.29) is 13.2 Å². The summed E-state index contributed by atoms with van der Waals surface area (Å²) in [5, 5.41) is 0. The highest BCUT2D eigenvalue weighted by atomic mass is 16.7. The van der Waals surface area contributed by atoms with E-state index in [1.165, 1.54) is 14.2 Å². The standard InChI is InChI=1S/C4H10O2/c1-4(5-2)6-3/h4H,1-3H3/i1T. The summed E-state index contributed by atoms with van der Waals surface area (Å²) < 4.78 is 16.0. The average molecular weight is 92.1 g/mol. The predicted octanol–water partition coefficient (Wildman–Crippen LogP) is 0.625. The van der Waals surface area contributed by atoms with Crippen molar-refractivity contribution in [1.29, 1.82) is 0 Å². The van der Waals surface area contributed by atoms with Crippen molar-refractivity contribution < 1.29 is 10.8 Å². The molecule has 0 aliphatic heterocycles. The Morgan fingerprint density at radius 3 is 2.00 bits per heavy atom. The van der Waals surface area contributed by atoms with Gasteiger partial charge in [-0.05, 0) is 6.90 Å². The molecule has 38 valence electrons. The fraction of sp³-hybridized carbons (Fsp3) is 1.00. The Kier molecular flexibility index (Phi) is 2.13. The van der Waals surface area contributed by atoms with Gasteiger partial charge in [-0.25, -0.2) is 0 Å². The molecule has 0 aliphatic rings. The molecular weight excluding hydrogens is 80.0 g/mol. The summed E-state index contributed by atoms with van der Waals surface area (Å²) in [6.07, 6.45) is -0.347. The lowest BCUT2D eigenvalue weighted by Crippen LogP contribution is -2.05. The van der Waals surface area contributed by atoms with Gasteiger partial charge in [0.1, 0.15) is 0 Å². The van der Waals surface area contributed by atoms with Crippen LogP contribution in [0.3, 0.4) is 0 Å². The van der Waals surface area contributed by atoms with E-state index >= 15 is 0 Å². The zero-order valence-electron chi connectivity index (χ0n) is 5.10. The van der Waals surface area contributed by atoms with Crippen LogP contribution in [-0.4, -0.2) is 20.5 Å². The molecule has 6 heavy (non-hydrogen) atoms. The molecule has 0 saturated carbocycles. The van der Waals surface area contributed by atoms with Gasteiger partial charge < -0.3 is 9.47 Å². The maximum Gasteiger partial charge on any atom is 0.154 e. The summed E-state index contributed by atoms with van der Waals surface area (Å²) in [6.45, 7) is 0.160. The fourth-order valence-electron chi connectivity index (χ4n) is 0.0962. The van der Waals surface area contributed by atoms with E-state index in [2.05, 4.69) is 9.47 Å². The second-order valence-electron chi connectivity index (χ2n) is 0.901. The van der Waals surface area contributed by atoms with Crippen LogP contribution in [0.1, 0.15) is 8.27 Å². The van der Waals surface area contributed by atoms with Crippen LogP contribution in [0, 0.1) is 0 Å². The maximum absolute atomic E-state index is 6.71. The predicted molar refractivity (Wildman–Crippen MR) is 23.5 cm³/mol. The van der Waals surface area contributed by atoms with Gasteiger partial charge in [0.15, 0.2) is 6.29 Å². The van der Waals surface area contributed by atoms with Gasteiger partial charge in [-0.15, -0.1) is 0 Å². The van der Waals surface area contributed by atoms with Crippen molar-refractivity contribution in [2.45, 2.75) is 13.2 Å². The minimum absolute atomic E-state index is 0.160. The molecule has 0 heterocycles. The molecule has 0 amide bonds. The first-order valence-electron chi connectivity index (χ1n) is 2.40. The molecule has 0 unspecified atom stereocenters. The second kappa shape index (κ2) is 3.12. The summed E-state index contributed by atoms with van der Waals surface area (Å²) in [6, 6.07) is 0. The first kappa shape index (κ1) is 4.09. The summed E-state index contributed by atoms with van der Waals surface area (Å²) in [5.41, 5.74) is 0. The van der Waals surface area contributed by atoms with E-state index in [0.717, 1.165) is 0 Å². The van der Waals surface area contributed by atoms with Gasteiger partial charge in [0, 0.05) is 15.6 Å². The first-order valence-corrected chi connectivity index (χ1v) is 1.70. The second-order valence-corrected chi connectivity index (χ2v) is 0.901. The molecule has 0 N–H and O–H groups in total. The SMILES string of the molecule is [3H]CC(OC)OC. The summed E-state index contributed by atoms with van der Waals surface area (Å²) >= 11 is 0. The highest BCUT2D eigenvalue weighted by Crippen LogP contribution is 1.82. The van der Waals surface area contributed by atoms with Crippen LogP contribution in [0.4, 0.5) is 0 Å². The summed E-state index contributed by atoms with van der Waals surface area (Å²) in [5.74, 6) is 0. The molecule has 2 nitrogen and oxygen atoms in total.